The van der Waals surface area contributed by atoms with Gasteiger partial charge in [-0.1, -0.05) is 12.1 Å². The van der Waals surface area contributed by atoms with Crippen LogP contribution in [-0.2, 0) is 15.7 Å². The average molecular weight is 489 g/mol. The number of carbonyl (C=O) groups excluding carboxylic acids is 1. The number of hydrogen-bond donors (Lipinski definition) is 1. The SMILES string of the molecule is COC(=O)CCCN1C(=S)N[C@H](c2ccccn2)[C@H]1c1cccn1-c1cccc(C(F)(F)F)c1. The Morgan fingerprint density at radius 1 is 1.18 bits per heavy atom. The molecule has 0 radical (unpaired) electrons. The summed E-state index contributed by atoms with van der Waals surface area (Å²) in [5.41, 5.74) is 1.17. The molecule has 34 heavy (non-hydrogen) atoms. The number of alkyl halides is 3. The number of thiocarbonyl (C=S) groups is 1. The van der Waals surface area contributed by atoms with Gasteiger partial charge in [0, 0.05) is 36.7 Å². The van der Waals surface area contributed by atoms with Crippen molar-refractivity contribution >= 4 is 23.3 Å². The Bertz CT molecular complexity index is 1170. The third-order valence-electron chi connectivity index (χ3n) is 5.74. The molecule has 3 heterocycles. The summed E-state index contributed by atoms with van der Waals surface area (Å²) >= 11 is 5.62. The summed E-state index contributed by atoms with van der Waals surface area (Å²) in [5.74, 6) is -0.316. The Kier molecular flexibility index (Phi) is 6.87. The van der Waals surface area contributed by atoms with Gasteiger partial charge in [-0.3, -0.25) is 9.78 Å². The minimum Gasteiger partial charge on any atom is -0.469 e. The van der Waals surface area contributed by atoms with Crippen molar-refractivity contribution in [2.75, 3.05) is 13.7 Å². The van der Waals surface area contributed by atoms with E-state index < -0.39 is 11.7 Å². The van der Waals surface area contributed by atoms with Crippen LogP contribution in [0.15, 0.2) is 67.0 Å². The molecule has 6 nitrogen and oxygen atoms in total. The molecule has 2 aromatic heterocycles. The maximum absolute atomic E-state index is 13.4. The van der Waals surface area contributed by atoms with Crippen molar-refractivity contribution in [1.82, 2.24) is 19.8 Å². The molecule has 178 valence electrons. The summed E-state index contributed by atoms with van der Waals surface area (Å²) in [4.78, 5) is 18.1. The van der Waals surface area contributed by atoms with E-state index in [0.29, 0.717) is 23.8 Å². The topological polar surface area (TPSA) is 59.4 Å². The number of ether oxygens (including phenoxy) is 1. The first-order chi connectivity index (χ1) is 16.3. The van der Waals surface area contributed by atoms with Gasteiger partial charge in [-0.2, -0.15) is 13.2 Å². The molecule has 10 heteroatoms. The number of aromatic nitrogens is 2. The predicted octanol–water partition coefficient (Wildman–Crippen LogP) is 4.82. The van der Waals surface area contributed by atoms with Crippen LogP contribution in [0.2, 0.25) is 0 Å². The van der Waals surface area contributed by atoms with E-state index in [1.54, 1.807) is 29.1 Å². The third-order valence-corrected chi connectivity index (χ3v) is 6.09. The molecule has 1 aliphatic heterocycles. The maximum Gasteiger partial charge on any atom is 0.416 e. The lowest BCUT2D eigenvalue weighted by Crippen LogP contribution is -2.31. The van der Waals surface area contributed by atoms with Gasteiger partial charge < -0.3 is 19.5 Å². The highest BCUT2D eigenvalue weighted by Gasteiger charge is 2.41. The predicted molar refractivity (Wildman–Crippen MR) is 124 cm³/mol. The van der Waals surface area contributed by atoms with Crippen molar-refractivity contribution in [3.05, 3.63) is 83.9 Å². The summed E-state index contributed by atoms with van der Waals surface area (Å²) in [5, 5.41) is 3.80. The average Bonchev–Trinajstić information content (AvgIpc) is 3.43. The number of methoxy groups -OCH3 is 1. The zero-order chi connectivity index (χ0) is 24.3. The van der Waals surface area contributed by atoms with Gasteiger partial charge >= 0.3 is 12.1 Å². The van der Waals surface area contributed by atoms with Crippen molar-refractivity contribution < 1.29 is 22.7 Å². The molecule has 1 saturated heterocycles. The molecule has 1 fully saturated rings. The van der Waals surface area contributed by atoms with Gasteiger partial charge in [0.2, 0.25) is 0 Å². The van der Waals surface area contributed by atoms with Crippen LogP contribution in [0.1, 0.15) is 41.9 Å². The van der Waals surface area contributed by atoms with Gasteiger partial charge in [0.05, 0.1) is 30.5 Å². The van der Waals surface area contributed by atoms with Crippen LogP contribution in [0, 0.1) is 0 Å². The van der Waals surface area contributed by atoms with Crippen LogP contribution < -0.4 is 5.32 Å². The smallest absolute Gasteiger partial charge is 0.416 e. The summed E-state index contributed by atoms with van der Waals surface area (Å²) in [6.07, 6.45) is -0.303. The van der Waals surface area contributed by atoms with E-state index >= 15 is 0 Å². The highest BCUT2D eigenvalue weighted by Crippen LogP contribution is 2.40. The van der Waals surface area contributed by atoms with Crippen LogP contribution in [0.4, 0.5) is 13.2 Å². The van der Waals surface area contributed by atoms with E-state index in [4.69, 9.17) is 17.0 Å². The lowest BCUT2D eigenvalue weighted by atomic mass is 10.0. The molecule has 0 amide bonds. The van der Waals surface area contributed by atoms with Crippen LogP contribution >= 0.6 is 12.2 Å². The first-order valence-corrected chi connectivity index (χ1v) is 11.1. The van der Waals surface area contributed by atoms with E-state index in [0.717, 1.165) is 23.5 Å². The second-order valence-electron chi connectivity index (χ2n) is 7.85. The number of nitrogens with one attached hydrogen (secondary N) is 1. The minimum atomic E-state index is -4.45. The van der Waals surface area contributed by atoms with Crippen LogP contribution in [-0.4, -0.2) is 39.2 Å². The first kappa shape index (κ1) is 23.7. The second-order valence-corrected chi connectivity index (χ2v) is 8.24. The molecule has 1 aromatic carbocycles. The monoisotopic (exact) mass is 488 g/mol. The van der Waals surface area contributed by atoms with Gasteiger partial charge in [-0.05, 0) is 61.1 Å². The second kappa shape index (κ2) is 9.84. The Hall–Kier alpha value is -3.40. The normalized spacial score (nSPS) is 18.1. The largest absolute Gasteiger partial charge is 0.469 e. The molecule has 3 aromatic rings. The number of rotatable bonds is 7. The van der Waals surface area contributed by atoms with Crippen LogP contribution in [0.5, 0.6) is 0 Å². The minimum absolute atomic E-state index is 0.227. The van der Waals surface area contributed by atoms with Gasteiger partial charge in [0.15, 0.2) is 5.11 Å². The molecule has 4 rings (SSSR count). The zero-order valence-corrected chi connectivity index (χ0v) is 19.1. The van der Waals surface area contributed by atoms with Gasteiger partial charge in [0.25, 0.3) is 0 Å². The number of hydrogen-bond acceptors (Lipinski definition) is 4. The quantitative estimate of drug-likeness (QED) is 0.380. The molecule has 0 unspecified atom stereocenters. The van der Waals surface area contributed by atoms with Gasteiger partial charge in [-0.25, -0.2) is 0 Å². The number of benzene rings is 1. The number of esters is 1. The van der Waals surface area contributed by atoms with Gasteiger partial charge in [-0.15, -0.1) is 0 Å². The van der Waals surface area contributed by atoms with E-state index in [1.165, 1.54) is 13.2 Å². The lowest BCUT2D eigenvalue weighted by molar-refractivity contribution is -0.141. The van der Waals surface area contributed by atoms with E-state index in [9.17, 15) is 18.0 Å². The van der Waals surface area contributed by atoms with Gasteiger partial charge in [0.1, 0.15) is 0 Å². The Labute approximate surface area is 200 Å². The fourth-order valence-corrected chi connectivity index (χ4v) is 4.50. The van der Waals surface area contributed by atoms with Crippen molar-refractivity contribution in [3.8, 4) is 5.69 Å². The maximum atomic E-state index is 13.4. The highest BCUT2D eigenvalue weighted by molar-refractivity contribution is 7.80. The Balaban J connectivity index is 1.73. The van der Waals surface area contributed by atoms with E-state index in [2.05, 4.69) is 10.3 Å². The number of pyridine rings is 1. The molecular formula is C24H23F3N4O2S. The van der Waals surface area contributed by atoms with Crippen LogP contribution in [0.3, 0.4) is 0 Å². The molecule has 1 N–H and O–H groups in total. The standard InChI is InChI=1S/C24H23F3N4O2S/c1-33-20(32)11-6-14-31-22(21(29-23(31)34)18-9-2-3-12-28-18)19-10-5-13-30(19)17-8-4-7-16(15-17)24(25,26)27/h2-5,7-10,12-13,15,21-22H,6,11,14H2,1H3,(H,29,34)/t21-,22-/m1/s1. The molecule has 0 saturated carbocycles. The molecule has 0 aliphatic carbocycles. The molecule has 0 bridgehead atoms. The Morgan fingerprint density at radius 3 is 2.71 bits per heavy atom. The van der Waals surface area contributed by atoms with Crippen molar-refractivity contribution in [3.63, 3.8) is 0 Å². The zero-order valence-electron chi connectivity index (χ0n) is 18.3. The van der Waals surface area contributed by atoms with Crippen LogP contribution in [0.25, 0.3) is 5.69 Å². The fraction of sp³-hybridized carbons (Fsp3) is 0.292. The molecule has 2 atom stereocenters. The highest BCUT2D eigenvalue weighted by atomic mass is 32.1. The molecule has 0 spiro atoms. The number of carbonyl (C=O) groups is 1. The van der Waals surface area contributed by atoms with E-state index in [1.807, 2.05) is 29.2 Å². The summed E-state index contributed by atoms with van der Waals surface area (Å²) < 4.78 is 46.5. The van der Waals surface area contributed by atoms with Crippen molar-refractivity contribution in [2.45, 2.75) is 31.1 Å². The summed E-state index contributed by atoms with van der Waals surface area (Å²) in [7, 11) is 1.34. The summed E-state index contributed by atoms with van der Waals surface area (Å²) in [6, 6.07) is 13.7. The molecule has 1 aliphatic rings. The van der Waals surface area contributed by atoms with Crippen molar-refractivity contribution in [1.29, 1.82) is 0 Å². The number of nitrogens with zero attached hydrogens (tertiary/aromatic N) is 3. The lowest BCUT2D eigenvalue weighted by Gasteiger charge is -2.29. The first-order valence-electron chi connectivity index (χ1n) is 10.7. The molecular weight excluding hydrogens is 465 g/mol. The number of halogens is 3. The van der Waals surface area contributed by atoms with E-state index in [-0.39, 0.29) is 24.5 Å². The Morgan fingerprint density at radius 2 is 2.00 bits per heavy atom. The fourth-order valence-electron chi connectivity index (χ4n) is 4.17. The third kappa shape index (κ3) is 4.91. The van der Waals surface area contributed by atoms with Crippen molar-refractivity contribution in [2.24, 2.45) is 0 Å². The summed E-state index contributed by atoms with van der Waals surface area (Å²) in [6.45, 7) is 0.461.